The lowest BCUT2D eigenvalue weighted by molar-refractivity contribution is 0.153. The predicted octanol–water partition coefficient (Wildman–Crippen LogP) is 3.23. The SMILES string of the molecule is Cl.c1cc(C2CNCCN2Cc2ccc(Oc3cnccn3)cc2)ccn1. The maximum Gasteiger partial charge on any atom is 0.237 e. The summed E-state index contributed by atoms with van der Waals surface area (Å²) in [7, 11) is 0. The number of ether oxygens (including phenoxy) is 1. The highest BCUT2D eigenvalue weighted by molar-refractivity contribution is 5.85. The minimum absolute atomic E-state index is 0. The zero-order chi connectivity index (χ0) is 17.6. The van der Waals surface area contributed by atoms with Crippen LogP contribution in [0.15, 0.2) is 67.4 Å². The van der Waals surface area contributed by atoms with Gasteiger partial charge in [-0.25, -0.2) is 4.98 Å². The lowest BCUT2D eigenvalue weighted by atomic mass is 10.0. The van der Waals surface area contributed by atoms with Crippen LogP contribution in [-0.2, 0) is 6.54 Å². The monoisotopic (exact) mass is 383 g/mol. The van der Waals surface area contributed by atoms with Crippen LogP contribution in [0.3, 0.4) is 0 Å². The minimum Gasteiger partial charge on any atom is -0.438 e. The zero-order valence-corrected chi connectivity index (χ0v) is 15.7. The van der Waals surface area contributed by atoms with Crippen molar-refractivity contribution in [2.24, 2.45) is 0 Å². The van der Waals surface area contributed by atoms with E-state index in [0.29, 0.717) is 11.9 Å². The third-order valence-corrected chi connectivity index (χ3v) is 4.52. The highest BCUT2D eigenvalue weighted by Crippen LogP contribution is 2.25. The second-order valence-electron chi connectivity index (χ2n) is 6.26. The maximum atomic E-state index is 5.71. The summed E-state index contributed by atoms with van der Waals surface area (Å²) in [5, 5.41) is 3.49. The molecule has 0 radical (unpaired) electrons. The molecule has 1 aliphatic heterocycles. The Hall–Kier alpha value is -2.54. The molecule has 3 aromatic rings. The van der Waals surface area contributed by atoms with Crippen molar-refractivity contribution < 1.29 is 4.74 Å². The van der Waals surface area contributed by atoms with Gasteiger partial charge in [0.1, 0.15) is 5.75 Å². The van der Waals surface area contributed by atoms with Gasteiger partial charge in [-0.15, -0.1) is 12.4 Å². The lowest BCUT2D eigenvalue weighted by Crippen LogP contribution is -2.45. The Balaban J connectivity index is 0.00000210. The second-order valence-corrected chi connectivity index (χ2v) is 6.26. The van der Waals surface area contributed by atoms with E-state index in [1.807, 2.05) is 24.5 Å². The van der Waals surface area contributed by atoms with E-state index < -0.39 is 0 Å². The van der Waals surface area contributed by atoms with Crippen molar-refractivity contribution in [3.05, 3.63) is 78.5 Å². The second kappa shape index (κ2) is 9.41. The topological polar surface area (TPSA) is 63.2 Å². The molecule has 1 saturated heterocycles. The van der Waals surface area contributed by atoms with Gasteiger partial charge in [0.2, 0.25) is 5.88 Å². The molecule has 4 rings (SSSR count). The number of piperazine rings is 1. The van der Waals surface area contributed by atoms with E-state index in [1.54, 1.807) is 18.6 Å². The van der Waals surface area contributed by atoms with Crippen LogP contribution in [0.1, 0.15) is 17.2 Å². The zero-order valence-electron chi connectivity index (χ0n) is 14.9. The number of aromatic nitrogens is 3. The molecule has 7 heteroatoms. The molecule has 6 nitrogen and oxygen atoms in total. The van der Waals surface area contributed by atoms with Crippen molar-refractivity contribution in [2.45, 2.75) is 12.6 Å². The number of hydrogen-bond donors (Lipinski definition) is 1. The standard InChI is InChI=1S/C20H21N5O.ClH/c1-3-18(26-20-14-22-9-10-24-20)4-2-16(1)15-25-12-11-23-13-19(25)17-5-7-21-8-6-17;/h1-10,14,19,23H,11-13,15H2;1H. The van der Waals surface area contributed by atoms with Gasteiger partial charge < -0.3 is 10.1 Å². The molecule has 1 aliphatic rings. The Bertz CT molecular complexity index is 817. The van der Waals surface area contributed by atoms with E-state index in [4.69, 9.17) is 4.74 Å². The minimum atomic E-state index is 0. The molecule has 1 unspecified atom stereocenters. The summed E-state index contributed by atoms with van der Waals surface area (Å²) in [5.41, 5.74) is 2.56. The van der Waals surface area contributed by atoms with Gasteiger partial charge in [0.25, 0.3) is 0 Å². The Labute approximate surface area is 165 Å². The van der Waals surface area contributed by atoms with Gasteiger partial charge in [-0.05, 0) is 35.4 Å². The fourth-order valence-electron chi connectivity index (χ4n) is 3.21. The summed E-state index contributed by atoms with van der Waals surface area (Å²) in [4.78, 5) is 14.8. The van der Waals surface area contributed by atoms with Crippen molar-refractivity contribution in [1.82, 2.24) is 25.2 Å². The number of nitrogens with zero attached hydrogens (tertiary/aromatic N) is 4. The smallest absolute Gasteiger partial charge is 0.237 e. The Morgan fingerprint density at radius 2 is 1.81 bits per heavy atom. The molecule has 1 atom stereocenters. The first-order chi connectivity index (χ1) is 12.9. The molecular formula is C20H22ClN5O. The van der Waals surface area contributed by atoms with Crippen molar-refractivity contribution >= 4 is 12.4 Å². The predicted molar refractivity (Wildman–Crippen MR) is 106 cm³/mol. The molecule has 0 spiro atoms. The average molecular weight is 384 g/mol. The molecule has 1 aromatic carbocycles. The van der Waals surface area contributed by atoms with Gasteiger partial charge in [0.05, 0.1) is 6.20 Å². The van der Waals surface area contributed by atoms with E-state index in [1.165, 1.54) is 11.1 Å². The molecule has 0 amide bonds. The molecule has 1 fully saturated rings. The highest BCUT2D eigenvalue weighted by atomic mass is 35.5. The van der Waals surface area contributed by atoms with Crippen LogP contribution in [-0.4, -0.2) is 39.5 Å². The van der Waals surface area contributed by atoms with Crippen LogP contribution >= 0.6 is 12.4 Å². The quantitative estimate of drug-likeness (QED) is 0.729. The molecule has 27 heavy (non-hydrogen) atoms. The van der Waals surface area contributed by atoms with Gasteiger partial charge in [-0.3, -0.25) is 14.9 Å². The third kappa shape index (κ3) is 5.01. The third-order valence-electron chi connectivity index (χ3n) is 4.52. The number of hydrogen-bond acceptors (Lipinski definition) is 6. The van der Waals surface area contributed by atoms with Crippen molar-refractivity contribution in [2.75, 3.05) is 19.6 Å². The lowest BCUT2D eigenvalue weighted by Gasteiger charge is -2.36. The highest BCUT2D eigenvalue weighted by Gasteiger charge is 2.23. The molecule has 140 valence electrons. The van der Waals surface area contributed by atoms with E-state index in [0.717, 1.165) is 31.9 Å². The van der Waals surface area contributed by atoms with E-state index in [-0.39, 0.29) is 12.4 Å². The van der Waals surface area contributed by atoms with Crippen LogP contribution in [0.5, 0.6) is 11.6 Å². The summed E-state index contributed by atoms with van der Waals surface area (Å²) in [6, 6.07) is 12.7. The molecule has 2 aromatic heterocycles. The van der Waals surface area contributed by atoms with Gasteiger partial charge >= 0.3 is 0 Å². The number of benzene rings is 1. The molecule has 1 N–H and O–H groups in total. The normalized spacial score (nSPS) is 17.1. The summed E-state index contributed by atoms with van der Waals surface area (Å²) >= 11 is 0. The van der Waals surface area contributed by atoms with Gasteiger partial charge in [0.15, 0.2) is 0 Å². The largest absolute Gasteiger partial charge is 0.438 e. The summed E-state index contributed by atoms with van der Waals surface area (Å²) in [6.07, 6.45) is 8.57. The van der Waals surface area contributed by atoms with Gasteiger partial charge in [-0.1, -0.05) is 12.1 Å². The first kappa shape index (κ1) is 19.2. The van der Waals surface area contributed by atoms with Crippen molar-refractivity contribution in [3.8, 4) is 11.6 Å². The van der Waals surface area contributed by atoms with Crippen LogP contribution in [0, 0.1) is 0 Å². The molecule has 0 bridgehead atoms. The molecule has 0 saturated carbocycles. The van der Waals surface area contributed by atoms with Crippen LogP contribution in [0.4, 0.5) is 0 Å². The number of pyridine rings is 1. The van der Waals surface area contributed by atoms with Crippen LogP contribution < -0.4 is 10.1 Å². The fourth-order valence-corrected chi connectivity index (χ4v) is 3.21. The average Bonchev–Trinajstić information content (AvgIpc) is 2.71. The summed E-state index contributed by atoms with van der Waals surface area (Å²) in [6.45, 7) is 3.89. The fraction of sp³-hybridized carbons (Fsp3) is 0.250. The van der Waals surface area contributed by atoms with E-state index in [2.05, 4.69) is 49.4 Å². The Morgan fingerprint density at radius 1 is 1.00 bits per heavy atom. The summed E-state index contributed by atoms with van der Waals surface area (Å²) in [5.74, 6) is 1.26. The Kier molecular flexibility index (Phi) is 6.70. The van der Waals surface area contributed by atoms with Crippen molar-refractivity contribution in [1.29, 1.82) is 0 Å². The Morgan fingerprint density at radius 3 is 2.56 bits per heavy atom. The van der Waals surface area contributed by atoms with Crippen LogP contribution in [0.2, 0.25) is 0 Å². The molecule has 3 heterocycles. The van der Waals surface area contributed by atoms with Crippen molar-refractivity contribution in [3.63, 3.8) is 0 Å². The summed E-state index contributed by atoms with van der Waals surface area (Å²) < 4.78 is 5.71. The van der Waals surface area contributed by atoms with E-state index >= 15 is 0 Å². The first-order valence-corrected chi connectivity index (χ1v) is 8.76. The van der Waals surface area contributed by atoms with Gasteiger partial charge in [0, 0.05) is 57.0 Å². The number of rotatable bonds is 5. The molecule has 0 aliphatic carbocycles. The number of nitrogens with one attached hydrogen (secondary N) is 1. The van der Waals surface area contributed by atoms with E-state index in [9.17, 15) is 0 Å². The first-order valence-electron chi connectivity index (χ1n) is 8.76. The maximum absolute atomic E-state index is 5.71. The molecular weight excluding hydrogens is 362 g/mol. The van der Waals surface area contributed by atoms with Gasteiger partial charge in [-0.2, -0.15) is 0 Å². The number of halogens is 1. The van der Waals surface area contributed by atoms with Crippen LogP contribution in [0.25, 0.3) is 0 Å².